The van der Waals surface area contributed by atoms with Gasteiger partial charge in [0.05, 0.1) is 22.4 Å². The van der Waals surface area contributed by atoms with Crippen molar-refractivity contribution in [2.24, 2.45) is 0 Å². The van der Waals surface area contributed by atoms with E-state index < -0.39 is 5.60 Å². The van der Waals surface area contributed by atoms with Crippen molar-refractivity contribution in [3.8, 4) is 0 Å². The lowest BCUT2D eigenvalue weighted by Crippen LogP contribution is -2.49. The van der Waals surface area contributed by atoms with Gasteiger partial charge in [0.1, 0.15) is 0 Å². The average Bonchev–Trinajstić information content (AvgIpc) is 2.43. The van der Waals surface area contributed by atoms with Crippen LogP contribution >= 0.6 is 11.3 Å². The molecule has 0 bridgehead atoms. The minimum Gasteiger partial charge on any atom is -0.389 e. The first-order chi connectivity index (χ1) is 7.52. The standard InChI is InChI=1S/C12H19NO2S/c1-4-15-10-5-12(14,6-10)7-11-13-8(2)9(3)16-11/h10,14H,4-7H2,1-3H3. The van der Waals surface area contributed by atoms with Gasteiger partial charge in [0.2, 0.25) is 0 Å². The summed E-state index contributed by atoms with van der Waals surface area (Å²) in [6, 6.07) is 0. The molecule has 0 spiro atoms. The molecule has 1 aromatic rings. The van der Waals surface area contributed by atoms with Crippen LogP contribution in [0.25, 0.3) is 0 Å². The van der Waals surface area contributed by atoms with E-state index in [1.807, 2.05) is 13.8 Å². The molecule has 1 N–H and O–H groups in total. The maximum Gasteiger partial charge on any atom is 0.0959 e. The van der Waals surface area contributed by atoms with Gasteiger partial charge in [-0.25, -0.2) is 4.98 Å². The fraction of sp³-hybridized carbons (Fsp3) is 0.750. The van der Waals surface area contributed by atoms with Crippen LogP contribution in [0.4, 0.5) is 0 Å². The molecular formula is C12H19NO2S. The van der Waals surface area contributed by atoms with Gasteiger partial charge in [0.15, 0.2) is 0 Å². The van der Waals surface area contributed by atoms with Gasteiger partial charge in [-0.1, -0.05) is 0 Å². The fourth-order valence-electron chi connectivity index (χ4n) is 2.18. The van der Waals surface area contributed by atoms with Crippen LogP contribution in [0.5, 0.6) is 0 Å². The van der Waals surface area contributed by atoms with Crippen molar-refractivity contribution in [3.05, 3.63) is 15.6 Å². The molecule has 0 aromatic carbocycles. The van der Waals surface area contributed by atoms with Crippen molar-refractivity contribution < 1.29 is 9.84 Å². The van der Waals surface area contributed by atoms with Crippen LogP contribution in [0.1, 0.15) is 35.3 Å². The number of ether oxygens (including phenoxy) is 1. The van der Waals surface area contributed by atoms with E-state index in [-0.39, 0.29) is 6.10 Å². The highest BCUT2D eigenvalue weighted by molar-refractivity contribution is 7.11. The smallest absolute Gasteiger partial charge is 0.0959 e. The van der Waals surface area contributed by atoms with E-state index in [2.05, 4.69) is 11.9 Å². The van der Waals surface area contributed by atoms with Crippen LogP contribution in [-0.4, -0.2) is 28.4 Å². The minimum absolute atomic E-state index is 0.247. The number of aryl methyl sites for hydroxylation is 2. The van der Waals surface area contributed by atoms with Gasteiger partial charge >= 0.3 is 0 Å². The zero-order chi connectivity index (χ0) is 11.8. The fourth-order valence-corrected chi connectivity index (χ4v) is 3.25. The number of aliphatic hydroxyl groups is 1. The summed E-state index contributed by atoms with van der Waals surface area (Å²) in [6.45, 7) is 6.81. The van der Waals surface area contributed by atoms with E-state index in [9.17, 15) is 5.11 Å². The summed E-state index contributed by atoms with van der Waals surface area (Å²) in [6.07, 6.45) is 2.42. The van der Waals surface area contributed by atoms with Crippen molar-refractivity contribution >= 4 is 11.3 Å². The third kappa shape index (κ3) is 2.44. The van der Waals surface area contributed by atoms with Gasteiger partial charge in [-0.05, 0) is 20.8 Å². The average molecular weight is 241 g/mol. The van der Waals surface area contributed by atoms with E-state index in [1.54, 1.807) is 11.3 Å². The Hall–Kier alpha value is -0.450. The van der Waals surface area contributed by atoms with Crippen molar-refractivity contribution in [2.75, 3.05) is 6.61 Å². The zero-order valence-corrected chi connectivity index (χ0v) is 10.9. The molecule has 90 valence electrons. The summed E-state index contributed by atoms with van der Waals surface area (Å²) in [7, 11) is 0. The number of aromatic nitrogens is 1. The Balaban J connectivity index is 1.91. The predicted molar refractivity (Wildman–Crippen MR) is 64.9 cm³/mol. The van der Waals surface area contributed by atoms with Crippen LogP contribution in [-0.2, 0) is 11.2 Å². The molecule has 0 atom stereocenters. The highest BCUT2D eigenvalue weighted by atomic mass is 32.1. The van der Waals surface area contributed by atoms with E-state index in [0.717, 1.165) is 30.2 Å². The Morgan fingerprint density at radius 1 is 1.50 bits per heavy atom. The van der Waals surface area contributed by atoms with E-state index >= 15 is 0 Å². The van der Waals surface area contributed by atoms with E-state index in [4.69, 9.17) is 4.74 Å². The molecule has 0 saturated heterocycles. The maximum atomic E-state index is 10.2. The SMILES string of the molecule is CCOC1CC(O)(Cc2nc(C)c(C)s2)C1. The molecule has 0 unspecified atom stereocenters. The Kier molecular flexibility index (Phi) is 3.33. The quantitative estimate of drug-likeness (QED) is 0.879. The lowest BCUT2D eigenvalue weighted by molar-refractivity contribution is -0.136. The molecule has 0 amide bonds. The largest absolute Gasteiger partial charge is 0.389 e. The lowest BCUT2D eigenvalue weighted by atomic mass is 9.75. The van der Waals surface area contributed by atoms with E-state index in [0.29, 0.717) is 6.42 Å². The minimum atomic E-state index is -0.573. The molecule has 4 heteroatoms. The first kappa shape index (κ1) is 12.0. The molecule has 1 saturated carbocycles. The predicted octanol–water partition coefficient (Wildman–Crippen LogP) is 2.23. The topological polar surface area (TPSA) is 42.4 Å². The van der Waals surface area contributed by atoms with Crippen LogP contribution in [0.15, 0.2) is 0 Å². The summed E-state index contributed by atoms with van der Waals surface area (Å²) in [5.41, 5.74) is 0.514. The van der Waals surface area contributed by atoms with Crippen molar-refractivity contribution in [3.63, 3.8) is 0 Å². The van der Waals surface area contributed by atoms with Gasteiger partial charge in [0, 0.05) is 30.7 Å². The van der Waals surface area contributed by atoms with Crippen LogP contribution in [0.3, 0.4) is 0 Å². The third-order valence-electron chi connectivity index (χ3n) is 3.17. The van der Waals surface area contributed by atoms with Crippen molar-refractivity contribution in [1.82, 2.24) is 4.98 Å². The first-order valence-corrected chi connectivity index (χ1v) is 6.61. The normalized spacial score (nSPS) is 29.1. The molecule has 1 fully saturated rings. The van der Waals surface area contributed by atoms with Crippen LogP contribution in [0, 0.1) is 13.8 Å². The van der Waals surface area contributed by atoms with E-state index in [1.165, 1.54) is 4.88 Å². The molecule has 1 heterocycles. The Labute approximate surface area is 100 Å². The Morgan fingerprint density at radius 3 is 2.69 bits per heavy atom. The lowest BCUT2D eigenvalue weighted by Gasteiger charge is -2.42. The number of hydrogen-bond donors (Lipinski definition) is 1. The molecular weight excluding hydrogens is 222 g/mol. The maximum absolute atomic E-state index is 10.2. The summed E-state index contributed by atoms with van der Waals surface area (Å²) in [5.74, 6) is 0. The second-order valence-corrected chi connectivity index (χ2v) is 5.92. The molecule has 1 aromatic heterocycles. The summed E-state index contributed by atoms with van der Waals surface area (Å²) < 4.78 is 5.46. The second kappa shape index (κ2) is 4.43. The summed E-state index contributed by atoms with van der Waals surface area (Å²) in [4.78, 5) is 5.72. The number of rotatable bonds is 4. The van der Waals surface area contributed by atoms with Crippen molar-refractivity contribution in [1.29, 1.82) is 0 Å². The molecule has 3 nitrogen and oxygen atoms in total. The van der Waals surface area contributed by atoms with Crippen LogP contribution in [0.2, 0.25) is 0 Å². The number of hydrogen-bond acceptors (Lipinski definition) is 4. The summed E-state index contributed by atoms with van der Waals surface area (Å²) >= 11 is 1.69. The number of nitrogens with zero attached hydrogens (tertiary/aromatic N) is 1. The zero-order valence-electron chi connectivity index (χ0n) is 10.1. The van der Waals surface area contributed by atoms with Crippen molar-refractivity contribution in [2.45, 2.75) is 51.7 Å². The molecule has 16 heavy (non-hydrogen) atoms. The van der Waals surface area contributed by atoms with Gasteiger partial charge in [0.25, 0.3) is 0 Å². The molecule has 0 radical (unpaired) electrons. The first-order valence-electron chi connectivity index (χ1n) is 5.79. The summed E-state index contributed by atoms with van der Waals surface area (Å²) in [5, 5.41) is 11.3. The Morgan fingerprint density at radius 2 is 2.19 bits per heavy atom. The monoisotopic (exact) mass is 241 g/mol. The molecule has 1 aliphatic carbocycles. The highest BCUT2D eigenvalue weighted by Gasteiger charge is 2.43. The molecule has 2 rings (SSSR count). The van der Waals surface area contributed by atoms with Gasteiger partial charge in [-0.2, -0.15) is 0 Å². The van der Waals surface area contributed by atoms with Gasteiger partial charge in [-0.3, -0.25) is 0 Å². The Bertz CT molecular complexity index is 350. The molecule has 1 aliphatic rings. The third-order valence-corrected chi connectivity index (χ3v) is 4.24. The van der Waals surface area contributed by atoms with Crippen LogP contribution < -0.4 is 0 Å². The molecule has 0 aliphatic heterocycles. The highest BCUT2D eigenvalue weighted by Crippen LogP contribution is 2.38. The van der Waals surface area contributed by atoms with Gasteiger partial charge < -0.3 is 9.84 Å². The number of thiazole rings is 1. The second-order valence-electron chi connectivity index (χ2n) is 4.64. The van der Waals surface area contributed by atoms with Gasteiger partial charge in [-0.15, -0.1) is 11.3 Å².